The summed E-state index contributed by atoms with van der Waals surface area (Å²) in [5.41, 5.74) is 2.88. The van der Waals surface area contributed by atoms with Gasteiger partial charge in [-0.15, -0.1) is 12.4 Å². The summed E-state index contributed by atoms with van der Waals surface area (Å²) in [4.78, 5) is 14.3. The summed E-state index contributed by atoms with van der Waals surface area (Å²) in [7, 11) is 5.41. The lowest BCUT2D eigenvalue weighted by atomic mass is 10.1. The van der Waals surface area contributed by atoms with Gasteiger partial charge < -0.3 is 10.2 Å². The van der Waals surface area contributed by atoms with Gasteiger partial charge in [-0.2, -0.15) is 5.10 Å². The average molecular weight is 309 g/mol. The van der Waals surface area contributed by atoms with Crippen molar-refractivity contribution in [1.82, 2.24) is 15.1 Å². The highest BCUT2D eigenvalue weighted by atomic mass is 35.5. The van der Waals surface area contributed by atoms with Crippen LogP contribution in [0, 0.1) is 6.92 Å². The quantitative estimate of drug-likeness (QED) is 0.941. The van der Waals surface area contributed by atoms with Crippen LogP contribution in [0.15, 0.2) is 36.7 Å². The first-order valence-electron chi connectivity index (χ1n) is 6.53. The molecule has 2 rings (SSSR count). The zero-order valence-electron chi connectivity index (χ0n) is 12.7. The highest BCUT2D eigenvalue weighted by Gasteiger charge is 2.24. The number of hydrogen-bond donors (Lipinski definition) is 1. The molecule has 0 saturated heterocycles. The van der Waals surface area contributed by atoms with Gasteiger partial charge in [0, 0.05) is 31.5 Å². The van der Waals surface area contributed by atoms with Crippen molar-refractivity contribution in [2.24, 2.45) is 7.05 Å². The second-order valence-electron chi connectivity index (χ2n) is 4.91. The predicted octanol–water partition coefficient (Wildman–Crippen LogP) is 2.07. The monoisotopic (exact) mass is 308 g/mol. The number of carbonyl (C=O) groups excluding carboxylic acids is 1. The Hall–Kier alpha value is -1.85. The second kappa shape index (κ2) is 7.24. The molecule has 114 valence electrons. The van der Waals surface area contributed by atoms with Crippen molar-refractivity contribution < 1.29 is 4.79 Å². The number of anilines is 1. The first kappa shape index (κ1) is 17.2. The van der Waals surface area contributed by atoms with Gasteiger partial charge in [-0.25, -0.2) is 0 Å². The number of nitrogens with one attached hydrogen (secondary N) is 1. The van der Waals surface area contributed by atoms with Crippen LogP contribution in [0.25, 0.3) is 0 Å². The van der Waals surface area contributed by atoms with Gasteiger partial charge >= 0.3 is 0 Å². The first-order chi connectivity index (χ1) is 9.52. The Kier molecular flexibility index (Phi) is 5.93. The van der Waals surface area contributed by atoms with E-state index < -0.39 is 6.04 Å². The Labute approximate surface area is 131 Å². The molecule has 0 saturated carbocycles. The predicted molar refractivity (Wildman–Crippen MR) is 86.8 cm³/mol. The van der Waals surface area contributed by atoms with Gasteiger partial charge in [-0.05, 0) is 31.7 Å². The van der Waals surface area contributed by atoms with E-state index in [9.17, 15) is 4.79 Å². The van der Waals surface area contributed by atoms with Crippen molar-refractivity contribution in [2.75, 3.05) is 19.0 Å². The summed E-state index contributed by atoms with van der Waals surface area (Å²) in [5, 5.41) is 7.17. The number of hydrogen-bond acceptors (Lipinski definition) is 3. The molecule has 2 aromatic rings. The van der Waals surface area contributed by atoms with Crippen molar-refractivity contribution in [3.8, 4) is 0 Å². The maximum atomic E-state index is 12.6. The Bertz CT molecular complexity index is 611. The van der Waals surface area contributed by atoms with Gasteiger partial charge in [-0.1, -0.05) is 12.1 Å². The molecule has 0 bridgehead atoms. The van der Waals surface area contributed by atoms with Gasteiger partial charge in [0.25, 0.3) is 0 Å². The van der Waals surface area contributed by atoms with Crippen LogP contribution >= 0.6 is 12.4 Å². The summed E-state index contributed by atoms with van der Waals surface area (Å²) < 4.78 is 1.69. The van der Waals surface area contributed by atoms with Gasteiger partial charge in [0.2, 0.25) is 5.91 Å². The Morgan fingerprint density at radius 2 is 2.14 bits per heavy atom. The molecule has 0 spiro atoms. The highest BCUT2D eigenvalue weighted by molar-refractivity contribution is 5.97. The summed E-state index contributed by atoms with van der Waals surface area (Å²) in [6.07, 6.45) is 3.56. The standard InChI is InChI=1S/C15H20N4O.ClH/c1-11-6-5-7-13(8-11)19(4)15(20)14(16-2)12-9-17-18(3)10-12;/h5-10,14,16H,1-4H3;1H. The average Bonchev–Trinajstić information content (AvgIpc) is 2.85. The summed E-state index contributed by atoms with van der Waals surface area (Å²) >= 11 is 0. The van der Waals surface area contributed by atoms with E-state index in [0.29, 0.717) is 0 Å². The number of amides is 1. The van der Waals surface area contributed by atoms with E-state index in [1.807, 2.05) is 44.4 Å². The Morgan fingerprint density at radius 1 is 1.43 bits per heavy atom. The number of likely N-dealkylation sites (N-methyl/N-ethyl adjacent to an activating group) is 2. The zero-order valence-corrected chi connectivity index (χ0v) is 13.5. The van der Waals surface area contributed by atoms with Crippen LogP contribution in [0.3, 0.4) is 0 Å². The maximum absolute atomic E-state index is 12.6. The maximum Gasteiger partial charge on any atom is 0.248 e. The van der Waals surface area contributed by atoms with Crippen LogP contribution in [0.4, 0.5) is 5.69 Å². The molecule has 1 amide bonds. The summed E-state index contributed by atoms with van der Waals surface area (Å²) in [6.45, 7) is 2.01. The van der Waals surface area contributed by atoms with E-state index in [-0.39, 0.29) is 18.3 Å². The molecule has 0 aliphatic rings. The lowest BCUT2D eigenvalue weighted by Crippen LogP contribution is -2.37. The molecule has 1 unspecified atom stereocenters. The van der Waals surface area contributed by atoms with E-state index in [4.69, 9.17) is 0 Å². The lowest BCUT2D eigenvalue weighted by molar-refractivity contribution is -0.120. The van der Waals surface area contributed by atoms with Crippen LogP contribution in [-0.2, 0) is 11.8 Å². The largest absolute Gasteiger partial charge is 0.314 e. The third kappa shape index (κ3) is 3.83. The molecular formula is C15H21ClN4O. The number of rotatable bonds is 4. The van der Waals surface area contributed by atoms with Crippen molar-refractivity contribution >= 4 is 24.0 Å². The zero-order chi connectivity index (χ0) is 14.7. The number of aryl methyl sites for hydroxylation is 2. The number of carbonyl (C=O) groups is 1. The minimum atomic E-state index is -0.394. The van der Waals surface area contributed by atoms with Crippen molar-refractivity contribution in [3.05, 3.63) is 47.8 Å². The van der Waals surface area contributed by atoms with E-state index in [1.54, 1.807) is 29.9 Å². The highest BCUT2D eigenvalue weighted by Crippen LogP contribution is 2.20. The fourth-order valence-electron chi connectivity index (χ4n) is 2.18. The fourth-order valence-corrected chi connectivity index (χ4v) is 2.18. The number of halogens is 1. The lowest BCUT2D eigenvalue weighted by Gasteiger charge is -2.23. The minimum absolute atomic E-state index is 0. The second-order valence-corrected chi connectivity index (χ2v) is 4.91. The van der Waals surface area contributed by atoms with E-state index in [0.717, 1.165) is 16.8 Å². The van der Waals surface area contributed by atoms with Gasteiger partial charge in [0.05, 0.1) is 6.20 Å². The summed E-state index contributed by atoms with van der Waals surface area (Å²) in [6, 6.07) is 7.49. The van der Waals surface area contributed by atoms with Crippen molar-refractivity contribution in [1.29, 1.82) is 0 Å². The van der Waals surface area contributed by atoms with Crippen LogP contribution in [0.2, 0.25) is 0 Å². The first-order valence-corrected chi connectivity index (χ1v) is 6.53. The van der Waals surface area contributed by atoms with E-state index >= 15 is 0 Å². The fraction of sp³-hybridized carbons (Fsp3) is 0.333. The molecule has 1 aromatic carbocycles. The number of nitrogens with zero attached hydrogens (tertiary/aromatic N) is 3. The normalized spacial score (nSPS) is 11.6. The molecule has 0 radical (unpaired) electrons. The van der Waals surface area contributed by atoms with E-state index in [2.05, 4.69) is 10.4 Å². The van der Waals surface area contributed by atoms with E-state index in [1.165, 1.54) is 0 Å². The molecular weight excluding hydrogens is 288 g/mol. The molecule has 21 heavy (non-hydrogen) atoms. The smallest absolute Gasteiger partial charge is 0.248 e. The molecule has 6 heteroatoms. The van der Waals surface area contributed by atoms with Crippen LogP contribution in [0.5, 0.6) is 0 Å². The molecule has 1 heterocycles. The van der Waals surface area contributed by atoms with Gasteiger partial charge in [0.15, 0.2) is 0 Å². The van der Waals surface area contributed by atoms with Gasteiger partial charge in [0.1, 0.15) is 6.04 Å². The van der Waals surface area contributed by atoms with Crippen molar-refractivity contribution in [2.45, 2.75) is 13.0 Å². The molecule has 0 aliphatic carbocycles. The SMILES string of the molecule is CNC(C(=O)N(C)c1cccc(C)c1)c1cnn(C)c1.Cl. The molecule has 5 nitrogen and oxygen atoms in total. The third-order valence-corrected chi connectivity index (χ3v) is 3.31. The molecule has 1 aromatic heterocycles. The topological polar surface area (TPSA) is 50.2 Å². The Morgan fingerprint density at radius 3 is 2.67 bits per heavy atom. The minimum Gasteiger partial charge on any atom is -0.314 e. The Balaban J connectivity index is 0.00000220. The third-order valence-electron chi connectivity index (χ3n) is 3.31. The molecule has 1 N–H and O–H groups in total. The summed E-state index contributed by atoms with van der Waals surface area (Å²) in [5.74, 6) is -0.00824. The number of aromatic nitrogens is 2. The van der Waals surface area contributed by atoms with Crippen LogP contribution in [-0.4, -0.2) is 29.8 Å². The van der Waals surface area contributed by atoms with Crippen molar-refractivity contribution in [3.63, 3.8) is 0 Å². The molecule has 1 atom stereocenters. The number of benzene rings is 1. The van der Waals surface area contributed by atoms with Crippen LogP contribution in [0.1, 0.15) is 17.2 Å². The molecule has 0 aliphatic heterocycles. The molecule has 0 fully saturated rings. The van der Waals surface area contributed by atoms with Crippen LogP contribution < -0.4 is 10.2 Å². The van der Waals surface area contributed by atoms with Gasteiger partial charge in [-0.3, -0.25) is 9.48 Å².